The molecule has 3 heteroatoms. The highest BCUT2D eigenvalue weighted by Crippen LogP contribution is 2.35. The minimum atomic E-state index is -0.585. The lowest BCUT2D eigenvalue weighted by Gasteiger charge is -2.27. The van der Waals surface area contributed by atoms with Gasteiger partial charge in [0.05, 0.1) is 6.10 Å². The molecule has 3 atom stereocenters. The Morgan fingerprint density at radius 2 is 1.95 bits per heavy atom. The average molecular weight is 265 g/mol. The van der Waals surface area contributed by atoms with E-state index in [1.165, 1.54) is 25.0 Å². The fourth-order valence-electron chi connectivity index (χ4n) is 2.64. The maximum atomic E-state index is 12.9. The molecular weight excluding hydrogens is 241 g/mol. The summed E-state index contributed by atoms with van der Waals surface area (Å²) in [6.45, 7) is 4.19. The largest absolute Gasteiger partial charge is 0.387 e. The number of nitrogens with one attached hydrogen (secondary N) is 1. The van der Waals surface area contributed by atoms with Gasteiger partial charge in [0.2, 0.25) is 0 Å². The standard InChI is InChI=1S/C16H24FNO/c1-3-4-15(12-5-6-12)18-11(2)16(19)13-7-9-14(17)10-8-13/h7-12,15-16,18-19H,3-6H2,1-2H3. The zero-order valence-corrected chi connectivity index (χ0v) is 11.8. The Bertz CT molecular complexity index is 388. The third-order valence-corrected chi connectivity index (χ3v) is 3.95. The minimum Gasteiger partial charge on any atom is -0.387 e. The first-order chi connectivity index (χ1) is 9.11. The second-order valence-electron chi connectivity index (χ2n) is 5.68. The molecular formula is C16H24FNO. The van der Waals surface area contributed by atoms with Crippen molar-refractivity contribution >= 4 is 0 Å². The van der Waals surface area contributed by atoms with Crippen LogP contribution in [-0.2, 0) is 0 Å². The van der Waals surface area contributed by atoms with Gasteiger partial charge >= 0.3 is 0 Å². The number of benzene rings is 1. The molecule has 0 aromatic heterocycles. The molecule has 2 rings (SSSR count). The van der Waals surface area contributed by atoms with Gasteiger partial charge in [-0.15, -0.1) is 0 Å². The van der Waals surface area contributed by atoms with Crippen LogP contribution in [0.25, 0.3) is 0 Å². The van der Waals surface area contributed by atoms with E-state index in [1.807, 2.05) is 6.92 Å². The molecule has 3 unspecified atom stereocenters. The molecule has 106 valence electrons. The maximum Gasteiger partial charge on any atom is 0.123 e. The summed E-state index contributed by atoms with van der Waals surface area (Å²) in [5, 5.41) is 13.9. The van der Waals surface area contributed by atoms with Gasteiger partial charge in [0.25, 0.3) is 0 Å². The van der Waals surface area contributed by atoms with Gasteiger partial charge in [0.15, 0.2) is 0 Å². The molecule has 1 aromatic rings. The Balaban J connectivity index is 1.93. The third kappa shape index (κ3) is 4.02. The predicted octanol–water partition coefficient (Wildman–Crippen LogP) is 3.42. The van der Waals surface area contributed by atoms with E-state index in [4.69, 9.17) is 0 Å². The van der Waals surface area contributed by atoms with Crippen LogP contribution >= 0.6 is 0 Å². The fourth-order valence-corrected chi connectivity index (χ4v) is 2.64. The van der Waals surface area contributed by atoms with Crippen molar-refractivity contribution in [2.75, 3.05) is 0 Å². The van der Waals surface area contributed by atoms with Crippen molar-refractivity contribution in [3.05, 3.63) is 35.6 Å². The van der Waals surface area contributed by atoms with Crippen LogP contribution in [0.1, 0.15) is 51.2 Å². The predicted molar refractivity (Wildman–Crippen MR) is 75.4 cm³/mol. The number of rotatable bonds is 7. The summed E-state index contributed by atoms with van der Waals surface area (Å²) in [7, 11) is 0. The van der Waals surface area contributed by atoms with Crippen LogP contribution in [0.15, 0.2) is 24.3 Å². The van der Waals surface area contributed by atoms with Crippen LogP contribution in [0.4, 0.5) is 4.39 Å². The second kappa shape index (κ2) is 6.49. The molecule has 1 aromatic carbocycles. The minimum absolute atomic E-state index is 0.0115. The highest BCUT2D eigenvalue weighted by atomic mass is 19.1. The first-order valence-corrected chi connectivity index (χ1v) is 7.31. The molecule has 1 fully saturated rings. The maximum absolute atomic E-state index is 12.9. The van der Waals surface area contributed by atoms with Crippen LogP contribution in [0, 0.1) is 11.7 Å². The summed E-state index contributed by atoms with van der Waals surface area (Å²) in [6.07, 6.45) is 4.34. The Kier molecular flexibility index (Phi) is 4.94. The van der Waals surface area contributed by atoms with Gasteiger partial charge in [-0.2, -0.15) is 0 Å². The molecule has 0 saturated heterocycles. The monoisotopic (exact) mass is 265 g/mol. The van der Waals surface area contributed by atoms with Gasteiger partial charge in [0.1, 0.15) is 5.82 Å². The smallest absolute Gasteiger partial charge is 0.123 e. The third-order valence-electron chi connectivity index (χ3n) is 3.95. The van der Waals surface area contributed by atoms with Crippen molar-refractivity contribution in [3.63, 3.8) is 0 Å². The van der Waals surface area contributed by atoms with E-state index in [-0.39, 0.29) is 11.9 Å². The van der Waals surface area contributed by atoms with Crippen LogP contribution in [0.2, 0.25) is 0 Å². The van der Waals surface area contributed by atoms with Crippen molar-refractivity contribution in [1.29, 1.82) is 0 Å². The summed E-state index contributed by atoms with van der Waals surface area (Å²) >= 11 is 0. The lowest BCUT2D eigenvalue weighted by molar-refractivity contribution is 0.126. The van der Waals surface area contributed by atoms with Gasteiger partial charge in [-0.25, -0.2) is 4.39 Å². The number of aliphatic hydroxyl groups is 1. The topological polar surface area (TPSA) is 32.3 Å². The molecule has 1 saturated carbocycles. The van der Waals surface area contributed by atoms with Gasteiger partial charge in [-0.3, -0.25) is 0 Å². The molecule has 0 bridgehead atoms. The normalized spacial score (nSPS) is 20.0. The lowest BCUT2D eigenvalue weighted by Crippen LogP contribution is -2.41. The highest BCUT2D eigenvalue weighted by molar-refractivity contribution is 5.19. The molecule has 0 heterocycles. The summed E-state index contributed by atoms with van der Waals surface area (Å²) in [6, 6.07) is 6.61. The average Bonchev–Trinajstić information content (AvgIpc) is 3.22. The van der Waals surface area contributed by atoms with Gasteiger partial charge in [-0.05, 0) is 49.8 Å². The molecule has 1 aliphatic carbocycles. The van der Waals surface area contributed by atoms with E-state index in [9.17, 15) is 9.50 Å². The number of halogens is 1. The van der Waals surface area contributed by atoms with Gasteiger partial charge < -0.3 is 10.4 Å². The summed E-state index contributed by atoms with van der Waals surface area (Å²) in [5.74, 6) is 0.515. The Labute approximate surface area is 115 Å². The van der Waals surface area contributed by atoms with Crippen LogP contribution in [-0.4, -0.2) is 17.2 Å². The summed E-state index contributed by atoms with van der Waals surface area (Å²) < 4.78 is 12.9. The summed E-state index contributed by atoms with van der Waals surface area (Å²) in [5.41, 5.74) is 0.771. The van der Waals surface area contributed by atoms with Gasteiger partial charge in [-0.1, -0.05) is 25.5 Å². The zero-order chi connectivity index (χ0) is 13.8. The number of aliphatic hydroxyl groups excluding tert-OH is 1. The molecule has 0 aliphatic heterocycles. The SMILES string of the molecule is CCCC(NC(C)C(O)c1ccc(F)cc1)C1CC1. The lowest BCUT2D eigenvalue weighted by atomic mass is 10.00. The van der Waals surface area contributed by atoms with Crippen molar-refractivity contribution in [2.24, 2.45) is 5.92 Å². The second-order valence-corrected chi connectivity index (χ2v) is 5.68. The molecule has 0 radical (unpaired) electrons. The van der Waals surface area contributed by atoms with E-state index in [0.717, 1.165) is 24.3 Å². The van der Waals surface area contributed by atoms with E-state index in [1.54, 1.807) is 12.1 Å². The molecule has 2 nitrogen and oxygen atoms in total. The van der Waals surface area contributed by atoms with Crippen molar-refractivity contribution < 1.29 is 9.50 Å². The van der Waals surface area contributed by atoms with Crippen molar-refractivity contribution in [2.45, 2.75) is 57.7 Å². The fraction of sp³-hybridized carbons (Fsp3) is 0.625. The molecule has 2 N–H and O–H groups in total. The van der Waals surface area contributed by atoms with E-state index >= 15 is 0 Å². The summed E-state index contributed by atoms with van der Waals surface area (Å²) in [4.78, 5) is 0. The van der Waals surface area contributed by atoms with Gasteiger partial charge in [0, 0.05) is 12.1 Å². The van der Waals surface area contributed by atoms with E-state index < -0.39 is 6.10 Å². The van der Waals surface area contributed by atoms with E-state index in [2.05, 4.69) is 12.2 Å². The first-order valence-electron chi connectivity index (χ1n) is 7.31. The Morgan fingerprint density at radius 1 is 1.32 bits per heavy atom. The number of hydrogen-bond donors (Lipinski definition) is 2. The molecule has 19 heavy (non-hydrogen) atoms. The molecule has 0 spiro atoms. The Hall–Kier alpha value is -0.930. The Morgan fingerprint density at radius 3 is 2.47 bits per heavy atom. The van der Waals surface area contributed by atoms with E-state index in [0.29, 0.717) is 6.04 Å². The van der Waals surface area contributed by atoms with Crippen LogP contribution in [0.5, 0.6) is 0 Å². The van der Waals surface area contributed by atoms with Crippen molar-refractivity contribution in [1.82, 2.24) is 5.32 Å². The highest BCUT2D eigenvalue weighted by Gasteiger charge is 2.32. The zero-order valence-electron chi connectivity index (χ0n) is 11.8. The van der Waals surface area contributed by atoms with Crippen molar-refractivity contribution in [3.8, 4) is 0 Å². The first kappa shape index (κ1) is 14.5. The quantitative estimate of drug-likeness (QED) is 0.792. The van der Waals surface area contributed by atoms with Crippen LogP contribution < -0.4 is 5.32 Å². The number of hydrogen-bond acceptors (Lipinski definition) is 2. The molecule has 0 amide bonds. The van der Waals surface area contributed by atoms with Crippen LogP contribution in [0.3, 0.4) is 0 Å². The molecule has 1 aliphatic rings.